The summed E-state index contributed by atoms with van der Waals surface area (Å²) in [5, 5.41) is 8.21. The molecule has 2 amide bonds. The van der Waals surface area contributed by atoms with Crippen LogP contribution in [0.4, 0.5) is 0 Å². The first-order chi connectivity index (χ1) is 12.2. The Kier molecular flexibility index (Phi) is 6.37. The zero-order valence-corrected chi connectivity index (χ0v) is 14.9. The molecule has 1 saturated heterocycles. The van der Waals surface area contributed by atoms with E-state index < -0.39 is 21.9 Å². The molecule has 0 aromatic carbocycles. The van der Waals surface area contributed by atoms with Crippen molar-refractivity contribution in [2.45, 2.75) is 30.8 Å². The Labute approximate surface area is 150 Å². The van der Waals surface area contributed by atoms with E-state index in [9.17, 15) is 22.8 Å². The smallest absolute Gasteiger partial charge is 0.303 e. The van der Waals surface area contributed by atoms with Crippen molar-refractivity contribution < 1.29 is 32.3 Å². The summed E-state index contributed by atoms with van der Waals surface area (Å²) in [5.74, 6) is -2.11. The van der Waals surface area contributed by atoms with Gasteiger partial charge in [-0.1, -0.05) is 0 Å². The summed E-state index contributed by atoms with van der Waals surface area (Å²) in [6.45, 7) is 0.687. The van der Waals surface area contributed by atoms with Gasteiger partial charge in [0.2, 0.25) is 11.0 Å². The summed E-state index contributed by atoms with van der Waals surface area (Å²) in [6.07, 6.45) is 1.16. The molecule has 26 heavy (non-hydrogen) atoms. The average molecular weight is 387 g/mol. The molecule has 3 N–H and O–H groups in total. The lowest BCUT2D eigenvalue weighted by Gasteiger charge is -2.33. The molecule has 1 aromatic heterocycles. The SMILES string of the molecule is NC(=O)c1ccc(S(=O)(=O)N2CCN(C(=O)CCCCC(=O)O)CC2)o1. The van der Waals surface area contributed by atoms with Gasteiger partial charge >= 0.3 is 5.97 Å². The molecule has 1 aromatic rings. The molecule has 0 radical (unpaired) electrons. The van der Waals surface area contributed by atoms with Crippen LogP contribution in [-0.4, -0.2) is 66.7 Å². The third-order valence-corrected chi connectivity index (χ3v) is 5.81. The van der Waals surface area contributed by atoms with E-state index in [2.05, 4.69) is 0 Å². The number of furan rings is 1. The molecular formula is C15H21N3O7S. The molecule has 0 spiro atoms. The molecule has 0 aliphatic carbocycles. The Bertz CT molecular complexity index is 779. The van der Waals surface area contributed by atoms with Crippen LogP contribution in [0.15, 0.2) is 21.6 Å². The highest BCUT2D eigenvalue weighted by atomic mass is 32.2. The Balaban J connectivity index is 1.87. The van der Waals surface area contributed by atoms with Gasteiger partial charge in [-0.25, -0.2) is 8.42 Å². The summed E-state index contributed by atoms with van der Waals surface area (Å²) in [5.41, 5.74) is 5.05. The number of nitrogens with two attached hydrogens (primary N) is 1. The minimum Gasteiger partial charge on any atom is -0.481 e. The van der Waals surface area contributed by atoms with Crippen LogP contribution in [0.5, 0.6) is 0 Å². The standard InChI is InChI=1S/C15H21N3O7S/c16-15(22)11-5-6-14(25-11)26(23,24)18-9-7-17(8-10-18)12(19)3-1-2-4-13(20)21/h5-6H,1-4,7-10H2,(H2,16,22)(H,20,21). The fraction of sp³-hybridized carbons (Fsp3) is 0.533. The quantitative estimate of drug-likeness (QED) is 0.589. The van der Waals surface area contributed by atoms with Gasteiger partial charge in [0, 0.05) is 39.0 Å². The van der Waals surface area contributed by atoms with Crippen LogP contribution in [-0.2, 0) is 19.6 Å². The van der Waals surface area contributed by atoms with Crippen molar-refractivity contribution in [3.63, 3.8) is 0 Å². The van der Waals surface area contributed by atoms with Gasteiger partial charge in [-0.2, -0.15) is 4.31 Å². The predicted octanol–water partition coefficient (Wildman–Crippen LogP) is -0.144. The van der Waals surface area contributed by atoms with E-state index in [0.29, 0.717) is 12.8 Å². The van der Waals surface area contributed by atoms with Crippen molar-refractivity contribution in [2.75, 3.05) is 26.2 Å². The maximum Gasteiger partial charge on any atom is 0.303 e. The largest absolute Gasteiger partial charge is 0.481 e. The van der Waals surface area contributed by atoms with Crippen LogP contribution in [0.1, 0.15) is 36.2 Å². The third kappa shape index (κ3) is 4.82. The van der Waals surface area contributed by atoms with Crippen molar-refractivity contribution in [3.05, 3.63) is 17.9 Å². The van der Waals surface area contributed by atoms with Crippen LogP contribution in [0.25, 0.3) is 0 Å². The molecule has 1 aliphatic rings. The zero-order chi connectivity index (χ0) is 19.3. The Morgan fingerprint density at radius 3 is 2.23 bits per heavy atom. The van der Waals surface area contributed by atoms with E-state index >= 15 is 0 Å². The van der Waals surface area contributed by atoms with Crippen molar-refractivity contribution >= 4 is 27.8 Å². The molecule has 2 heterocycles. The van der Waals surface area contributed by atoms with E-state index in [1.54, 1.807) is 4.90 Å². The monoisotopic (exact) mass is 387 g/mol. The van der Waals surface area contributed by atoms with Gasteiger partial charge in [0.05, 0.1) is 0 Å². The number of hydrogen-bond donors (Lipinski definition) is 2. The second kappa shape index (κ2) is 8.32. The van der Waals surface area contributed by atoms with Crippen LogP contribution in [0.3, 0.4) is 0 Å². The summed E-state index contributed by atoms with van der Waals surface area (Å²) in [4.78, 5) is 35.1. The lowest BCUT2D eigenvalue weighted by atomic mass is 10.1. The molecule has 11 heteroatoms. The van der Waals surface area contributed by atoms with Crippen LogP contribution in [0.2, 0.25) is 0 Å². The molecule has 1 fully saturated rings. The van der Waals surface area contributed by atoms with Gasteiger partial charge in [-0.05, 0) is 25.0 Å². The Morgan fingerprint density at radius 1 is 1.08 bits per heavy atom. The first-order valence-corrected chi connectivity index (χ1v) is 9.55. The second-order valence-electron chi connectivity index (χ2n) is 5.87. The fourth-order valence-corrected chi connectivity index (χ4v) is 3.94. The summed E-state index contributed by atoms with van der Waals surface area (Å²) in [7, 11) is -3.90. The highest BCUT2D eigenvalue weighted by molar-refractivity contribution is 7.89. The molecule has 0 saturated carbocycles. The van der Waals surface area contributed by atoms with Gasteiger partial charge < -0.3 is 20.2 Å². The van der Waals surface area contributed by atoms with Crippen LogP contribution < -0.4 is 5.73 Å². The van der Waals surface area contributed by atoms with Gasteiger partial charge in [0.1, 0.15) is 0 Å². The number of primary amides is 1. The summed E-state index contributed by atoms with van der Waals surface area (Å²) >= 11 is 0. The lowest BCUT2D eigenvalue weighted by Crippen LogP contribution is -2.50. The van der Waals surface area contributed by atoms with E-state index in [4.69, 9.17) is 15.3 Å². The van der Waals surface area contributed by atoms with E-state index in [1.165, 1.54) is 16.4 Å². The number of rotatable bonds is 8. The molecule has 0 atom stereocenters. The van der Waals surface area contributed by atoms with Gasteiger partial charge in [-0.3, -0.25) is 14.4 Å². The van der Waals surface area contributed by atoms with Gasteiger partial charge in [0.25, 0.3) is 15.9 Å². The number of aliphatic carboxylic acids is 1. The molecule has 10 nitrogen and oxygen atoms in total. The molecule has 2 rings (SSSR count). The number of hydrogen-bond acceptors (Lipinski definition) is 6. The van der Waals surface area contributed by atoms with Crippen molar-refractivity contribution in [2.24, 2.45) is 5.73 Å². The van der Waals surface area contributed by atoms with Crippen molar-refractivity contribution in [1.82, 2.24) is 9.21 Å². The number of carboxylic acid groups (broad SMARTS) is 1. The van der Waals surface area contributed by atoms with Crippen molar-refractivity contribution in [1.29, 1.82) is 0 Å². The average Bonchev–Trinajstić information content (AvgIpc) is 3.09. The van der Waals surface area contributed by atoms with E-state index in [-0.39, 0.29) is 55.8 Å². The second-order valence-corrected chi connectivity index (χ2v) is 7.74. The molecule has 0 bridgehead atoms. The number of piperazine rings is 1. The third-order valence-electron chi connectivity index (χ3n) is 4.04. The van der Waals surface area contributed by atoms with Gasteiger partial charge in [-0.15, -0.1) is 0 Å². The van der Waals surface area contributed by atoms with Crippen LogP contribution in [0, 0.1) is 0 Å². The Hall–Kier alpha value is -2.40. The maximum absolute atomic E-state index is 12.5. The lowest BCUT2D eigenvalue weighted by molar-refractivity contribution is -0.137. The maximum atomic E-state index is 12.5. The number of amides is 2. The highest BCUT2D eigenvalue weighted by Crippen LogP contribution is 2.20. The van der Waals surface area contributed by atoms with Crippen LogP contribution >= 0.6 is 0 Å². The summed E-state index contributed by atoms with van der Waals surface area (Å²) < 4.78 is 31.2. The first kappa shape index (κ1) is 19.9. The highest BCUT2D eigenvalue weighted by Gasteiger charge is 2.32. The zero-order valence-electron chi connectivity index (χ0n) is 14.1. The number of carbonyl (C=O) groups excluding carboxylic acids is 2. The number of sulfonamides is 1. The molecular weight excluding hydrogens is 366 g/mol. The number of unbranched alkanes of at least 4 members (excludes halogenated alkanes) is 1. The topological polar surface area (TPSA) is 151 Å². The number of carboxylic acids is 1. The fourth-order valence-electron chi connectivity index (χ4n) is 2.61. The van der Waals surface area contributed by atoms with Gasteiger partial charge in [0.15, 0.2) is 5.76 Å². The first-order valence-electron chi connectivity index (χ1n) is 8.11. The Morgan fingerprint density at radius 2 is 1.69 bits per heavy atom. The van der Waals surface area contributed by atoms with E-state index in [0.717, 1.165) is 0 Å². The van der Waals surface area contributed by atoms with E-state index in [1.807, 2.05) is 0 Å². The molecule has 1 aliphatic heterocycles. The predicted molar refractivity (Wildman–Crippen MR) is 88.7 cm³/mol. The summed E-state index contributed by atoms with van der Waals surface area (Å²) in [6, 6.07) is 2.38. The minimum atomic E-state index is -3.90. The number of nitrogens with zero attached hydrogens (tertiary/aromatic N) is 2. The minimum absolute atomic E-state index is 0.0236. The normalized spacial score (nSPS) is 15.8. The molecule has 0 unspecified atom stereocenters. The van der Waals surface area contributed by atoms with Crippen molar-refractivity contribution in [3.8, 4) is 0 Å². The molecule has 144 valence electrons. The number of carbonyl (C=O) groups is 3.